The number of benzene rings is 1. The summed E-state index contributed by atoms with van der Waals surface area (Å²) in [5, 5.41) is 8.99. The van der Waals surface area contributed by atoms with Gasteiger partial charge in [-0.1, -0.05) is 18.2 Å². The molecule has 5 nitrogen and oxygen atoms in total. The van der Waals surface area contributed by atoms with Gasteiger partial charge in [-0.25, -0.2) is 5.10 Å². The molecule has 0 bridgehead atoms. The first-order valence-corrected chi connectivity index (χ1v) is 5.65. The van der Waals surface area contributed by atoms with Gasteiger partial charge in [0.2, 0.25) is 0 Å². The maximum atomic E-state index is 10.5. The molecule has 0 spiro atoms. The van der Waals surface area contributed by atoms with E-state index >= 15 is 0 Å². The fraction of sp³-hybridized carbons (Fsp3) is 0.231. The van der Waals surface area contributed by atoms with Crippen LogP contribution in [0.2, 0.25) is 0 Å². The molecule has 0 fully saturated rings. The molecule has 18 heavy (non-hydrogen) atoms. The number of aromatic nitrogens is 2. The molecule has 0 aliphatic rings. The number of rotatable bonds is 3. The average Bonchev–Trinajstić information content (AvgIpc) is 2.43. The van der Waals surface area contributed by atoms with Crippen molar-refractivity contribution in [3.63, 3.8) is 0 Å². The molecule has 0 unspecified atom stereocenters. The lowest BCUT2D eigenvalue weighted by atomic mass is 10.3. The van der Waals surface area contributed by atoms with Crippen molar-refractivity contribution in [3.05, 3.63) is 52.8 Å². The van der Waals surface area contributed by atoms with E-state index < -0.39 is 0 Å². The summed E-state index contributed by atoms with van der Waals surface area (Å²) in [4.78, 5) is 10.5. The molecule has 0 aliphatic heterocycles. The minimum Gasteiger partial charge on any atom is -0.497 e. The molecule has 2 N–H and O–H groups in total. The first-order chi connectivity index (χ1) is 8.76. The predicted octanol–water partition coefficient (Wildman–Crippen LogP) is 1.90. The minimum absolute atomic E-state index is 0.179. The smallest absolute Gasteiger partial charge is 0.264 e. The second-order valence-electron chi connectivity index (χ2n) is 3.35. The quantitative estimate of drug-likeness (QED) is 0.869. The van der Waals surface area contributed by atoms with E-state index in [1.165, 1.54) is 6.07 Å². The molecule has 1 aromatic carbocycles. The highest BCUT2D eigenvalue weighted by atomic mass is 16.5. The number of nitrogens with zero attached hydrogens (tertiary/aromatic N) is 1. The molecule has 5 heteroatoms. The Morgan fingerprint density at radius 3 is 2.39 bits per heavy atom. The van der Waals surface area contributed by atoms with Gasteiger partial charge in [0, 0.05) is 12.6 Å². The summed E-state index contributed by atoms with van der Waals surface area (Å²) in [6.07, 6.45) is 0. The Kier molecular flexibility index (Phi) is 6.03. The zero-order valence-corrected chi connectivity index (χ0v) is 10.5. The van der Waals surface area contributed by atoms with Gasteiger partial charge in [-0.15, -0.1) is 0 Å². The summed E-state index contributed by atoms with van der Waals surface area (Å²) in [5.74, 6) is 1.61. The lowest BCUT2D eigenvalue weighted by molar-refractivity contribution is 0.415. The Morgan fingerprint density at radius 1 is 1.22 bits per heavy atom. The van der Waals surface area contributed by atoms with Crippen LogP contribution in [0.5, 0.6) is 5.75 Å². The lowest BCUT2D eigenvalue weighted by Gasteiger charge is -1.97. The van der Waals surface area contributed by atoms with Crippen LogP contribution in [0.25, 0.3) is 0 Å². The van der Waals surface area contributed by atoms with Gasteiger partial charge in [-0.05, 0) is 25.1 Å². The Morgan fingerprint density at radius 2 is 1.94 bits per heavy atom. The molecule has 0 aliphatic carbocycles. The first-order valence-electron chi connectivity index (χ1n) is 5.65. The van der Waals surface area contributed by atoms with Crippen LogP contribution in [0.15, 0.2) is 47.3 Å². The van der Waals surface area contributed by atoms with Gasteiger partial charge in [0.25, 0.3) is 5.56 Å². The Bertz CT molecular complexity index is 477. The second-order valence-corrected chi connectivity index (χ2v) is 3.35. The first kappa shape index (κ1) is 13.8. The molecular weight excluding hydrogens is 230 g/mol. The number of ether oxygens (including phenoxy) is 1. The summed E-state index contributed by atoms with van der Waals surface area (Å²) in [6.45, 7) is 2.77. The topological polar surface area (TPSA) is 67.0 Å². The van der Waals surface area contributed by atoms with Crippen molar-refractivity contribution in [2.45, 2.75) is 6.92 Å². The van der Waals surface area contributed by atoms with Crippen molar-refractivity contribution in [2.24, 2.45) is 0 Å². The number of hydrogen-bond donors (Lipinski definition) is 2. The molecule has 0 saturated carbocycles. The third-order valence-corrected chi connectivity index (χ3v) is 2.02. The van der Waals surface area contributed by atoms with Gasteiger partial charge in [0.05, 0.1) is 7.11 Å². The number of methoxy groups -OCH3 is 1. The Balaban J connectivity index is 0.000000184. The molecule has 2 rings (SSSR count). The van der Waals surface area contributed by atoms with Crippen molar-refractivity contribution >= 4 is 5.82 Å². The SMILES string of the molecule is CCNc1ccc(=O)[nH]n1.COc1ccccc1. The zero-order valence-electron chi connectivity index (χ0n) is 10.5. The van der Waals surface area contributed by atoms with Crippen molar-refractivity contribution in [1.82, 2.24) is 10.2 Å². The van der Waals surface area contributed by atoms with Crippen LogP contribution in [-0.2, 0) is 0 Å². The molecule has 96 valence electrons. The van der Waals surface area contributed by atoms with Crippen LogP contribution in [-0.4, -0.2) is 23.9 Å². The van der Waals surface area contributed by atoms with Gasteiger partial charge in [-0.3, -0.25) is 4.79 Å². The van der Waals surface area contributed by atoms with Gasteiger partial charge in [0.1, 0.15) is 11.6 Å². The highest BCUT2D eigenvalue weighted by Gasteiger charge is 1.87. The summed E-state index contributed by atoms with van der Waals surface area (Å²) < 4.78 is 4.91. The minimum atomic E-state index is -0.179. The summed E-state index contributed by atoms with van der Waals surface area (Å²) in [7, 11) is 1.66. The second kappa shape index (κ2) is 7.89. The molecule has 1 aromatic heterocycles. The summed E-state index contributed by atoms with van der Waals surface area (Å²) >= 11 is 0. The predicted molar refractivity (Wildman–Crippen MR) is 72.0 cm³/mol. The van der Waals surface area contributed by atoms with Gasteiger partial charge >= 0.3 is 0 Å². The van der Waals surface area contributed by atoms with Crippen LogP contribution in [0.4, 0.5) is 5.82 Å². The maximum Gasteiger partial charge on any atom is 0.264 e. The largest absolute Gasteiger partial charge is 0.497 e. The summed E-state index contributed by atoms with van der Waals surface area (Å²) in [5.41, 5.74) is -0.179. The number of hydrogen-bond acceptors (Lipinski definition) is 4. The molecule has 0 saturated heterocycles. The molecule has 0 amide bonds. The normalized spacial score (nSPS) is 9.00. The monoisotopic (exact) mass is 247 g/mol. The third kappa shape index (κ3) is 5.16. The van der Waals surface area contributed by atoms with Gasteiger partial charge < -0.3 is 10.1 Å². The number of para-hydroxylation sites is 1. The van der Waals surface area contributed by atoms with Crippen molar-refractivity contribution in [3.8, 4) is 5.75 Å². The van der Waals surface area contributed by atoms with E-state index in [1.807, 2.05) is 37.3 Å². The Labute approximate surface area is 106 Å². The van der Waals surface area contributed by atoms with Gasteiger partial charge in [-0.2, -0.15) is 5.10 Å². The van der Waals surface area contributed by atoms with Crippen LogP contribution in [0.3, 0.4) is 0 Å². The molecule has 2 aromatic rings. The zero-order chi connectivity index (χ0) is 13.2. The van der Waals surface area contributed by atoms with E-state index in [1.54, 1.807) is 13.2 Å². The molecular formula is C13H17N3O2. The van der Waals surface area contributed by atoms with Crippen LogP contribution in [0, 0.1) is 0 Å². The Hall–Kier alpha value is -2.30. The number of H-pyrrole nitrogens is 1. The van der Waals surface area contributed by atoms with Crippen LogP contribution in [0.1, 0.15) is 6.92 Å². The lowest BCUT2D eigenvalue weighted by Crippen LogP contribution is -2.08. The summed E-state index contributed by atoms with van der Waals surface area (Å²) in [6, 6.07) is 12.8. The van der Waals surface area contributed by atoms with E-state index in [2.05, 4.69) is 15.5 Å². The van der Waals surface area contributed by atoms with Crippen LogP contribution >= 0.6 is 0 Å². The maximum absolute atomic E-state index is 10.5. The van der Waals surface area contributed by atoms with E-state index in [0.717, 1.165) is 12.3 Å². The van der Waals surface area contributed by atoms with Gasteiger partial charge in [0.15, 0.2) is 0 Å². The molecule has 0 atom stereocenters. The number of aromatic amines is 1. The van der Waals surface area contributed by atoms with Crippen molar-refractivity contribution in [1.29, 1.82) is 0 Å². The average molecular weight is 247 g/mol. The number of nitrogens with one attached hydrogen (secondary N) is 2. The van der Waals surface area contributed by atoms with E-state index in [4.69, 9.17) is 4.74 Å². The van der Waals surface area contributed by atoms with E-state index in [0.29, 0.717) is 5.82 Å². The van der Waals surface area contributed by atoms with Crippen LogP contribution < -0.4 is 15.6 Å². The number of anilines is 1. The van der Waals surface area contributed by atoms with Crippen molar-refractivity contribution in [2.75, 3.05) is 19.0 Å². The highest BCUT2D eigenvalue weighted by molar-refractivity contribution is 5.30. The highest BCUT2D eigenvalue weighted by Crippen LogP contribution is 2.05. The van der Waals surface area contributed by atoms with E-state index in [-0.39, 0.29) is 5.56 Å². The molecule has 1 heterocycles. The fourth-order valence-corrected chi connectivity index (χ4v) is 1.18. The fourth-order valence-electron chi connectivity index (χ4n) is 1.18. The molecule has 0 radical (unpaired) electrons. The standard InChI is InChI=1S/C7H8O.C6H9N3O/c1-8-7-5-3-2-4-6-7;1-2-7-5-3-4-6(10)9-8-5/h2-6H,1H3;3-4H,2H2,1H3,(H,7,8)(H,9,10). The third-order valence-electron chi connectivity index (χ3n) is 2.02. The van der Waals surface area contributed by atoms with Crippen molar-refractivity contribution < 1.29 is 4.74 Å². The van der Waals surface area contributed by atoms with E-state index in [9.17, 15) is 4.79 Å².